The molecule has 0 aliphatic heterocycles. The van der Waals surface area contributed by atoms with Crippen LogP contribution in [0.4, 0.5) is 0 Å². The summed E-state index contributed by atoms with van der Waals surface area (Å²) in [6.07, 6.45) is 0. The third-order valence-electron chi connectivity index (χ3n) is 3.66. The van der Waals surface area contributed by atoms with Gasteiger partial charge in [0.1, 0.15) is 0 Å². The highest BCUT2D eigenvalue weighted by Gasteiger charge is 2.14. The van der Waals surface area contributed by atoms with E-state index in [1.165, 1.54) is 33.5 Å². The highest BCUT2D eigenvalue weighted by Crippen LogP contribution is 2.28. The van der Waals surface area contributed by atoms with E-state index in [1.807, 2.05) is 6.92 Å². The van der Waals surface area contributed by atoms with Gasteiger partial charge in [-0.05, 0) is 43.3 Å². The number of hydrazine groups is 1. The molecule has 0 spiro atoms. The van der Waals surface area contributed by atoms with Crippen LogP contribution in [-0.2, 0) is 0 Å². The Morgan fingerprint density at radius 2 is 1.19 bits per heavy atom. The summed E-state index contributed by atoms with van der Waals surface area (Å²) in [6, 6.07) is 9.41. The van der Waals surface area contributed by atoms with Crippen LogP contribution in [0.25, 0.3) is 0 Å². The standard InChI is InChI=1S/C19H22N2O6/c1-5-27-15-9-7-13(11-17(15)26-4)19(23)21-20-18(22)12-6-8-14(24-2)16(10-12)25-3/h6-11H,5H2,1-4H3,(H,20,22)(H,21,23). The summed E-state index contributed by atoms with van der Waals surface area (Å²) in [4.78, 5) is 24.5. The van der Waals surface area contributed by atoms with E-state index >= 15 is 0 Å². The number of hydrogen-bond donors (Lipinski definition) is 2. The van der Waals surface area contributed by atoms with Crippen molar-refractivity contribution in [2.75, 3.05) is 27.9 Å². The predicted octanol–water partition coefficient (Wildman–Crippen LogP) is 2.19. The maximum absolute atomic E-state index is 12.3. The molecule has 2 aromatic rings. The lowest BCUT2D eigenvalue weighted by Crippen LogP contribution is -2.41. The van der Waals surface area contributed by atoms with Crippen LogP contribution in [-0.4, -0.2) is 39.8 Å². The average molecular weight is 374 g/mol. The van der Waals surface area contributed by atoms with Crippen molar-refractivity contribution < 1.29 is 28.5 Å². The second kappa shape index (κ2) is 9.33. The maximum atomic E-state index is 12.3. The SMILES string of the molecule is CCOc1ccc(C(=O)NNC(=O)c2ccc(OC)c(OC)c2)cc1OC. The van der Waals surface area contributed by atoms with Crippen molar-refractivity contribution in [1.82, 2.24) is 10.9 Å². The van der Waals surface area contributed by atoms with Crippen molar-refractivity contribution in [3.05, 3.63) is 47.5 Å². The molecule has 8 heteroatoms. The van der Waals surface area contributed by atoms with E-state index in [2.05, 4.69) is 10.9 Å². The molecule has 27 heavy (non-hydrogen) atoms. The molecule has 0 fully saturated rings. The minimum absolute atomic E-state index is 0.303. The number of methoxy groups -OCH3 is 3. The van der Waals surface area contributed by atoms with Crippen molar-refractivity contribution in [2.24, 2.45) is 0 Å². The second-order valence-electron chi connectivity index (χ2n) is 5.28. The molecule has 2 amide bonds. The van der Waals surface area contributed by atoms with E-state index < -0.39 is 11.8 Å². The van der Waals surface area contributed by atoms with Gasteiger partial charge in [-0.1, -0.05) is 0 Å². The van der Waals surface area contributed by atoms with E-state index in [0.29, 0.717) is 40.7 Å². The van der Waals surface area contributed by atoms with Crippen LogP contribution in [0, 0.1) is 0 Å². The van der Waals surface area contributed by atoms with Crippen LogP contribution in [0.3, 0.4) is 0 Å². The molecule has 0 bridgehead atoms. The third-order valence-corrected chi connectivity index (χ3v) is 3.66. The molecule has 0 saturated heterocycles. The monoisotopic (exact) mass is 374 g/mol. The Hall–Kier alpha value is -3.42. The first-order valence-electron chi connectivity index (χ1n) is 8.17. The molecule has 2 rings (SSSR count). The lowest BCUT2D eigenvalue weighted by molar-refractivity contribution is 0.0846. The van der Waals surface area contributed by atoms with E-state index in [0.717, 1.165) is 0 Å². The molecule has 0 heterocycles. The Kier molecular flexibility index (Phi) is 6.87. The van der Waals surface area contributed by atoms with Crippen molar-refractivity contribution in [3.63, 3.8) is 0 Å². The molecule has 0 unspecified atom stereocenters. The van der Waals surface area contributed by atoms with Crippen LogP contribution >= 0.6 is 0 Å². The zero-order valence-electron chi connectivity index (χ0n) is 15.6. The van der Waals surface area contributed by atoms with Gasteiger partial charge in [-0.2, -0.15) is 0 Å². The van der Waals surface area contributed by atoms with E-state index in [-0.39, 0.29) is 0 Å². The molecule has 0 aliphatic carbocycles. The lowest BCUT2D eigenvalue weighted by Gasteiger charge is -2.12. The normalized spacial score (nSPS) is 9.93. The number of carbonyl (C=O) groups excluding carboxylic acids is 2. The maximum Gasteiger partial charge on any atom is 0.269 e. The summed E-state index contributed by atoms with van der Waals surface area (Å²) in [7, 11) is 4.46. The average Bonchev–Trinajstić information content (AvgIpc) is 2.71. The molecule has 144 valence electrons. The number of rotatable bonds is 7. The van der Waals surface area contributed by atoms with Crippen molar-refractivity contribution in [1.29, 1.82) is 0 Å². The van der Waals surface area contributed by atoms with Crippen LogP contribution in [0.2, 0.25) is 0 Å². The lowest BCUT2D eigenvalue weighted by atomic mass is 10.2. The van der Waals surface area contributed by atoms with Gasteiger partial charge in [0.15, 0.2) is 23.0 Å². The number of ether oxygens (including phenoxy) is 4. The van der Waals surface area contributed by atoms with Gasteiger partial charge in [0.2, 0.25) is 0 Å². The fourth-order valence-corrected chi connectivity index (χ4v) is 2.32. The fourth-order valence-electron chi connectivity index (χ4n) is 2.32. The van der Waals surface area contributed by atoms with Gasteiger partial charge in [-0.25, -0.2) is 0 Å². The number of benzene rings is 2. The van der Waals surface area contributed by atoms with Crippen LogP contribution in [0.5, 0.6) is 23.0 Å². The first-order chi connectivity index (χ1) is 13.0. The van der Waals surface area contributed by atoms with Gasteiger partial charge < -0.3 is 18.9 Å². The molecule has 0 radical (unpaired) electrons. The van der Waals surface area contributed by atoms with Crippen LogP contribution < -0.4 is 29.8 Å². The van der Waals surface area contributed by atoms with E-state index in [4.69, 9.17) is 18.9 Å². The topological polar surface area (TPSA) is 95.1 Å². The highest BCUT2D eigenvalue weighted by atomic mass is 16.5. The van der Waals surface area contributed by atoms with Crippen molar-refractivity contribution in [3.8, 4) is 23.0 Å². The number of carbonyl (C=O) groups is 2. The molecular formula is C19H22N2O6. The van der Waals surface area contributed by atoms with Gasteiger partial charge in [-0.15, -0.1) is 0 Å². The van der Waals surface area contributed by atoms with Gasteiger partial charge in [0.05, 0.1) is 27.9 Å². The Morgan fingerprint density at radius 1 is 0.741 bits per heavy atom. The summed E-state index contributed by atoms with van der Waals surface area (Å²) in [5, 5.41) is 0. The smallest absolute Gasteiger partial charge is 0.269 e. The van der Waals surface area contributed by atoms with Gasteiger partial charge >= 0.3 is 0 Å². The molecule has 2 aromatic carbocycles. The Morgan fingerprint density at radius 3 is 1.63 bits per heavy atom. The molecule has 0 atom stereocenters. The first kappa shape index (κ1) is 19.9. The summed E-state index contributed by atoms with van der Waals surface area (Å²) in [5.41, 5.74) is 5.33. The summed E-state index contributed by atoms with van der Waals surface area (Å²) in [6.45, 7) is 2.33. The number of nitrogens with one attached hydrogen (secondary N) is 2. The minimum atomic E-state index is -0.498. The third kappa shape index (κ3) is 4.81. The second-order valence-corrected chi connectivity index (χ2v) is 5.28. The van der Waals surface area contributed by atoms with Crippen molar-refractivity contribution >= 4 is 11.8 Å². The van der Waals surface area contributed by atoms with E-state index in [9.17, 15) is 9.59 Å². The fraction of sp³-hybridized carbons (Fsp3) is 0.263. The summed E-state index contributed by atoms with van der Waals surface area (Å²) >= 11 is 0. The molecule has 0 aromatic heterocycles. The quantitative estimate of drug-likeness (QED) is 0.722. The number of amides is 2. The van der Waals surface area contributed by atoms with Gasteiger partial charge in [0.25, 0.3) is 11.8 Å². The zero-order chi connectivity index (χ0) is 19.8. The largest absolute Gasteiger partial charge is 0.493 e. The summed E-state index contributed by atoms with van der Waals surface area (Å²) in [5.74, 6) is 0.876. The van der Waals surface area contributed by atoms with E-state index in [1.54, 1.807) is 24.3 Å². The molecule has 2 N–H and O–H groups in total. The summed E-state index contributed by atoms with van der Waals surface area (Å²) < 4.78 is 20.9. The first-order valence-corrected chi connectivity index (χ1v) is 8.17. The van der Waals surface area contributed by atoms with Crippen LogP contribution in [0.1, 0.15) is 27.6 Å². The minimum Gasteiger partial charge on any atom is -0.493 e. The zero-order valence-corrected chi connectivity index (χ0v) is 15.6. The predicted molar refractivity (Wildman–Crippen MR) is 98.6 cm³/mol. The highest BCUT2D eigenvalue weighted by molar-refractivity contribution is 5.99. The molecule has 0 aliphatic rings. The van der Waals surface area contributed by atoms with Gasteiger partial charge in [0, 0.05) is 11.1 Å². The molecular weight excluding hydrogens is 352 g/mol. The molecule has 0 saturated carbocycles. The Bertz CT molecular complexity index is 822. The molecule has 8 nitrogen and oxygen atoms in total. The number of hydrogen-bond acceptors (Lipinski definition) is 6. The van der Waals surface area contributed by atoms with Crippen molar-refractivity contribution in [2.45, 2.75) is 6.92 Å². The Balaban J connectivity index is 2.05. The van der Waals surface area contributed by atoms with Gasteiger partial charge in [-0.3, -0.25) is 20.4 Å². The van der Waals surface area contributed by atoms with Crippen LogP contribution in [0.15, 0.2) is 36.4 Å². The Labute approximate surface area is 157 Å².